The van der Waals surface area contributed by atoms with E-state index in [1.54, 1.807) is 0 Å². The molecule has 2 rings (SSSR count). The average molecular weight is 185 g/mol. The molecule has 2 fully saturated rings. The van der Waals surface area contributed by atoms with E-state index in [2.05, 4.69) is 10.1 Å². The molecule has 1 spiro atoms. The molecule has 0 aliphatic carbocycles. The normalized spacial score (nSPS) is 30.1. The number of esters is 1. The van der Waals surface area contributed by atoms with Gasteiger partial charge in [-0.15, -0.1) is 0 Å². The summed E-state index contributed by atoms with van der Waals surface area (Å²) in [7, 11) is 1.41. The first kappa shape index (κ1) is 8.97. The Kier molecular flexibility index (Phi) is 2.26. The van der Waals surface area contributed by atoms with E-state index in [0.29, 0.717) is 6.42 Å². The summed E-state index contributed by atoms with van der Waals surface area (Å²) in [5, 5.41) is 3.19. The summed E-state index contributed by atoms with van der Waals surface area (Å²) in [6.07, 6.45) is 2.53. The molecule has 0 aromatic rings. The smallest absolute Gasteiger partial charge is 0.308 e. The maximum atomic E-state index is 11.0. The van der Waals surface area contributed by atoms with Crippen LogP contribution in [0.2, 0.25) is 0 Å². The second-order valence-electron chi connectivity index (χ2n) is 3.85. The Balaban J connectivity index is 1.81. The number of hydrogen-bond acceptors (Lipinski definition) is 4. The number of nitrogens with one attached hydrogen (secondary N) is 1. The topological polar surface area (TPSA) is 47.6 Å². The van der Waals surface area contributed by atoms with E-state index in [4.69, 9.17) is 4.74 Å². The minimum Gasteiger partial charge on any atom is -0.469 e. The molecule has 1 N–H and O–H groups in total. The molecule has 0 aromatic carbocycles. The first-order chi connectivity index (χ1) is 6.24. The van der Waals surface area contributed by atoms with Gasteiger partial charge in [-0.25, -0.2) is 0 Å². The van der Waals surface area contributed by atoms with Crippen molar-refractivity contribution in [2.75, 3.05) is 20.2 Å². The van der Waals surface area contributed by atoms with Gasteiger partial charge in [-0.2, -0.15) is 0 Å². The number of methoxy groups -OCH3 is 1. The largest absolute Gasteiger partial charge is 0.469 e. The van der Waals surface area contributed by atoms with Crippen LogP contribution < -0.4 is 5.32 Å². The summed E-state index contributed by atoms with van der Waals surface area (Å²) < 4.78 is 10.4. The van der Waals surface area contributed by atoms with Crippen LogP contribution in [0.25, 0.3) is 0 Å². The van der Waals surface area contributed by atoms with Gasteiger partial charge in [-0.1, -0.05) is 0 Å². The number of ether oxygens (including phenoxy) is 2. The molecule has 1 atom stereocenters. The molecule has 0 radical (unpaired) electrons. The number of carbonyl (C=O) groups is 1. The third kappa shape index (κ3) is 1.69. The van der Waals surface area contributed by atoms with E-state index < -0.39 is 0 Å². The molecule has 0 saturated carbocycles. The maximum Gasteiger partial charge on any atom is 0.308 e. The SMILES string of the molecule is COC(=O)CC1CCC2(CNC2)O1. The van der Waals surface area contributed by atoms with Crippen molar-refractivity contribution in [1.29, 1.82) is 0 Å². The van der Waals surface area contributed by atoms with E-state index in [9.17, 15) is 4.79 Å². The van der Waals surface area contributed by atoms with Crippen LogP contribution in [0.1, 0.15) is 19.3 Å². The molecule has 13 heavy (non-hydrogen) atoms. The molecule has 0 amide bonds. The lowest BCUT2D eigenvalue weighted by molar-refractivity contribution is -0.146. The first-order valence-electron chi connectivity index (χ1n) is 4.69. The summed E-state index contributed by atoms with van der Waals surface area (Å²) in [4.78, 5) is 11.0. The second-order valence-corrected chi connectivity index (χ2v) is 3.85. The first-order valence-corrected chi connectivity index (χ1v) is 4.69. The summed E-state index contributed by atoms with van der Waals surface area (Å²) in [6, 6.07) is 0. The van der Waals surface area contributed by atoms with Gasteiger partial charge in [0.15, 0.2) is 0 Å². The molecule has 2 aliphatic heterocycles. The number of rotatable bonds is 2. The van der Waals surface area contributed by atoms with Crippen LogP contribution in [0.5, 0.6) is 0 Å². The quantitative estimate of drug-likeness (QED) is 0.618. The fourth-order valence-corrected chi connectivity index (χ4v) is 1.97. The molecular formula is C9H15NO3. The van der Waals surface area contributed by atoms with Crippen molar-refractivity contribution in [3.63, 3.8) is 0 Å². The average Bonchev–Trinajstić information content (AvgIpc) is 2.48. The van der Waals surface area contributed by atoms with Crippen LogP contribution in [-0.4, -0.2) is 37.9 Å². The summed E-state index contributed by atoms with van der Waals surface area (Å²) in [6.45, 7) is 1.87. The molecule has 74 valence electrons. The summed E-state index contributed by atoms with van der Waals surface area (Å²) in [5.74, 6) is -0.172. The van der Waals surface area contributed by atoms with E-state index >= 15 is 0 Å². The standard InChI is InChI=1S/C9H15NO3/c1-12-8(11)4-7-2-3-9(13-7)5-10-6-9/h7,10H,2-6H2,1H3. The lowest BCUT2D eigenvalue weighted by Crippen LogP contribution is -2.59. The van der Waals surface area contributed by atoms with Gasteiger partial charge in [0.2, 0.25) is 0 Å². The highest BCUT2D eigenvalue weighted by molar-refractivity contribution is 5.69. The van der Waals surface area contributed by atoms with E-state index in [1.807, 2.05) is 0 Å². The fourth-order valence-electron chi connectivity index (χ4n) is 1.97. The third-order valence-corrected chi connectivity index (χ3v) is 2.85. The highest BCUT2D eigenvalue weighted by Gasteiger charge is 2.45. The van der Waals surface area contributed by atoms with Crippen LogP contribution in [0.15, 0.2) is 0 Å². The number of carbonyl (C=O) groups excluding carboxylic acids is 1. The van der Waals surface area contributed by atoms with Gasteiger partial charge in [0.25, 0.3) is 0 Å². The lowest BCUT2D eigenvalue weighted by Gasteiger charge is -2.38. The molecular weight excluding hydrogens is 170 g/mol. The Morgan fingerprint density at radius 1 is 1.69 bits per heavy atom. The monoisotopic (exact) mass is 185 g/mol. The van der Waals surface area contributed by atoms with Gasteiger partial charge in [-0.05, 0) is 12.8 Å². The van der Waals surface area contributed by atoms with Gasteiger partial charge < -0.3 is 14.8 Å². The van der Waals surface area contributed by atoms with Crippen molar-refractivity contribution in [3.05, 3.63) is 0 Å². The van der Waals surface area contributed by atoms with Crippen molar-refractivity contribution in [1.82, 2.24) is 5.32 Å². The molecule has 2 heterocycles. The predicted octanol–water partition coefficient (Wildman–Crippen LogP) is 0.0705. The molecule has 4 nitrogen and oxygen atoms in total. The van der Waals surface area contributed by atoms with Gasteiger partial charge in [0.05, 0.1) is 25.2 Å². The van der Waals surface area contributed by atoms with Gasteiger partial charge in [-0.3, -0.25) is 4.79 Å². The predicted molar refractivity (Wildman–Crippen MR) is 46.3 cm³/mol. The zero-order valence-electron chi connectivity index (χ0n) is 7.84. The van der Waals surface area contributed by atoms with Crippen LogP contribution in [0, 0.1) is 0 Å². The van der Waals surface area contributed by atoms with Crippen LogP contribution >= 0.6 is 0 Å². The Morgan fingerprint density at radius 3 is 2.92 bits per heavy atom. The fraction of sp³-hybridized carbons (Fsp3) is 0.889. The summed E-state index contributed by atoms with van der Waals surface area (Å²) in [5.41, 5.74) is 0.0543. The molecule has 4 heteroatoms. The van der Waals surface area contributed by atoms with Crippen molar-refractivity contribution in [3.8, 4) is 0 Å². The van der Waals surface area contributed by atoms with Gasteiger partial charge in [0, 0.05) is 13.1 Å². The Labute approximate surface area is 77.6 Å². The Morgan fingerprint density at radius 2 is 2.46 bits per heavy atom. The van der Waals surface area contributed by atoms with Gasteiger partial charge >= 0.3 is 5.97 Å². The molecule has 0 aromatic heterocycles. The molecule has 0 bridgehead atoms. The van der Waals surface area contributed by atoms with Gasteiger partial charge in [0.1, 0.15) is 0 Å². The molecule has 2 saturated heterocycles. The van der Waals surface area contributed by atoms with Crippen LogP contribution in [-0.2, 0) is 14.3 Å². The number of hydrogen-bond donors (Lipinski definition) is 1. The van der Waals surface area contributed by atoms with Crippen LogP contribution in [0.3, 0.4) is 0 Å². The second kappa shape index (κ2) is 3.27. The van der Waals surface area contributed by atoms with E-state index in [0.717, 1.165) is 25.9 Å². The van der Waals surface area contributed by atoms with Crippen molar-refractivity contribution in [2.45, 2.75) is 31.0 Å². The van der Waals surface area contributed by atoms with Crippen molar-refractivity contribution < 1.29 is 14.3 Å². The Bertz CT molecular complexity index is 213. The minimum atomic E-state index is -0.172. The highest BCUT2D eigenvalue weighted by Crippen LogP contribution is 2.34. The highest BCUT2D eigenvalue weighted by atomic mass is 16.5. The summed E-state index contributed by atoms with van der Waals surface area (Å²) >= 11 is 0. The third-order valence-electron chi connectivity index (χ3n) is 2.85. The zero-order chi connectivity index (χ0) is 9.31. The zero-order valence-corrected chi connectivity index (χ0v) is 7.84. The molecule has 2 aliphatic rings. The van der Waals surface area contributed by atoms with E-state index in [-0.39, 0.29) is 17.7 Å². The maximum absolute atomic E-state index is 11.0. The minimum absolute atomic E-state index is 0.0543. The lowest BCUT2D eigenvalue weighted by atomic mass is 9.93. The molecule has 1 unspecified atom stereocenters. The van der Waals surface area contributed by atoms with Crippen molar-refractivity contribution >= 4 is 5.97 Å². The van der Waals surface area contributed by atoms with Crippen molar-refractivity contribution in [2.24, 2.45) is 0 Å². The van der Waals surface area contributed by atoms with Crippen LogP contribution in [0.4, 0.5) is 0 Å². The van der Waals surface area contributed by atoms with E-state index in [1.165, 1.54) is 7.11 Å². The Hall–Kier alpha value is -0.610.